The molecule has 1 aliphatic heterocycles. The third-order valence-electron chi connectivity index (χ3n) is 3.18. The maximum Gasteiger partial charge on any atom is 0.232 e. The maximum atomic E-state index is 10.8. The van der Waals surface area contributed by atoms with Crippen LogP contribution < -0.4 is 0 Å². The Bertz CT molecular complexity index is 282. The molecule has 1 fully saturated rings. The zero-order chi connectivity index (χ0) is 11.5. The van der Waals surface area contributed by atoms with Crippen LogP contribution in [0.25, 0.3) is 0 Å². The number of rotatable bonds is 4. The molecule has 0 aromatic heterocycles. The van der Waals surface area contributed by atoms with Crippen LogP contribution in [0.15, 0.2) is 0 Å². The summed E-state index contributed by atoms with van der Waals surface area (Å²) < 4.78 is 21.6. The smallest absolute Gasteiger partial charge is 0.232 e. The van der Waals surface area contributed by atoms with E-state index in [-0.39, 0.29) is 5.75 Å². The molecule has 0 saturated carbocycles. The topological polar surface area (TPSA) is 37.4 Å². The highest BCUT2D eigenvalue weighted by Crippen LogP contribution is 2.22. The molecule has 0 N–H and O–H groups in total. The zero-order valence-electron chi connectivity index (χ0n) is 9.45. The Kier molecular flexibility index (Phi) is 4.87. The molecule has 0 radical (unpaired) electrons. The lowest BCUT2D eigenvalue weighted by Gasteiger charge is -2.38. The van der Waals surface area contributed by atoms with Crippen molar-refractivity contribution in [2.75, 3.05) is 12.3 Å². The molecule has 5 heteroatoms. The minimum absolute atomic E-state index is 0.0878. The molecule has 1 rings (SSSR count). The Morgan fingerprint density at radius 3 is 2.27 bits per heavy atom. The van der Waals surface area contributed by atoms with E-state index in [9.17, 15) is 8.42 Å². The molecule has 1 aliphatic rings. The number of likely N-dealkylation sites (tertiary alicyclic amines) is 1. The van der Waals surface area contributed by atoms with Crippen LogP contribution in [-0.4, -0.2) is 37.7 Å². The van der Waals surface area contributed by atoms with Gasteiger partial charge in [-0.1, -0.05) is 6.42 Å². The lowest BCUT2D eigenvalue weighted by molar-refractivity contribution is 0.104. The maximum absolute atomic E-state index is 10.8. The second-order valence-corrected chi connectivity index (χ2v) is 7.36. The van der Waals surface area contributed by atoms with Gasteiger partial charge in [-0.3, -0.25) is 4.90 Å². The molecule has 0 amide bonds. The predicted octanol–water partition coefficient (Wildman–Crippen LogP) is 2.21. The summed E-state index contributed by atoms with van der Waals surface area (Å²) in [5.74, 6) is 0.0878. The second kappa shape index (κ2) is 5.51. The van der Waals surface area contributed by atoms with E-state index in [4.69, 9.17) is 10.7 Å². The lowest BCUT2D eigenvalue weighted by atomic mass is 9.97. The van der Waals surface area contributed by atoms with Crippen molar-refractivity contribution in [2.24, 2.45) is 0 Å². The lowest BCUT2D eigenvalue weighted by Crippen LogP contribution is -2.44. The molecule has 3 nitrogen and oxygen atoms in total. The molecular weight excluding hydrogens is 234 g/mol. The van der Waals surface area contributed by atoms with Crippen LogP contribution in [0.5, 0.6) is 0 Å². The van der Waals surface area contributed by atoms with Crippen LogP contribution in [0, 0.1) is 0 Å². The molecule has 1 saturated heterocycles. The van der Waals surface area contributed by atoms with E-state index in [1.54, 1.807) is 0 Å². The molecule has 0 aromatic rings. The van der Waals surface area contributed by atoms with E-state index >= 15 is 0 Å². The highest BCUT2D eigenvalue weighted by molar-refractivity contribution is 8.13. The summed E-state index contributed by atoms with van der Waals surface area (Å²) >= 11 is 0. The molecule has 1 heterocycles. The highest BCUT2D eigenvalue weighted by Gasteiger charge is 2.24. The summed E-state index contributed by atoms with van der Waals surface area (Å²) in [6.45, 7) is 5.27. The number of piperidine rings is 1. The third kappa shape index (κ3) is 4.70. The summed E-state index contributed by atoms with van der Waals surface area (Å²) in [6.07, 6.45) is 4.36. The van der Waals surface area contributed by atoms with Gasteiger partial charge in [-0.05, 0) is 39.7 Å². The second-order valence-electron chi connectivity index (χ2n) is 4.46. The standard InChI is InChI=1S/C10H20ClNO2S/c1-9-5-3-6-10(2)12(9)7-4-8-15(11,13)14/h9-10H,3-8H2,1-2H3/t9-,10+. The highest BCUT2D eigenvalue weighted by atomic mass is 35.7. The fraction of sp³-hybridized carbons (Fsp3) is 1.00. The normalized spacial score (nSPS) is 29.3. The van der Waals surface area contributed by atoms with E-state index in [1.165, 1.54) is 19.3 Å². The summed E-state index contributed by atoms with van der Waals surface area (Å²) in [7, 11) is 1.86. The van der Waals surface area contributed by atoms with Gasteiger partial charge >= 0.3 is 0 Å². The van der Waals surface area contributed by atoms with Crippen LogP contribution in [0.1, 0.15) is 39.5 Å². The molecule has 2 atom stereocenters. The molecule has 15 heavy (non-hydrogen) atoms. The van der Waals surface area contributed by atoms with Crippen molar-refractivity contribution in [1.82, 2.24) is 4.90 Å². The van der Waals surface area contributed by atoms with Crippen LogP contribution in [0.2, 0.25) is 0 Å². The van der Waals surface area contributed by atoms with Crippen molar-refractivity contribution in [1.29, 1.82) is 0 Å². The van der Waals surface area contributed by atoms with Gasteiger partial charge in [0.1, 0.15) is 0 Å². The van der Waals surface area contributed by atoms with E-state index in [1.807, 2.05) is 0 Å². The van der Waals surface area contributed by atoms with Crippen LogP contribution in [0.4, 0.5) is 0 Å². The van der Waals surface area contributed by atoms with Crippen molar-refractivity contribution in [2.45, 2.75) is 51.6 Å². The Labute approximate surface area is 97.2 Å². The van der Waals surface area contributed by atoms with E-state index in [0.29, 0.717) is 18.5 Å². The number of nitrogens with zero attached hydrogens (tertiary/aromatic N) is 1. The molecule has 90 valence electrons. The zero-order valence-corrected chi connectivity index (χ0v) is 11.0. The summed E-state index contributed by atoms with van der Waals surface area (Å²) in [5.41, 5.74) is 0. The minimum atomic E-state index is -3.31. The fourth-order valence-corrected chi connectivity index (χ4v) is 3.14. The Morgan fingerprint density at radius 2 is 1.80 bits per heavy atom. The largest absolute Gasteiger partial charge is 0.298 e. The molecule has 0 spiro atoms. The molecule has 0 aromatic carbocycles. The van der Waals surface area contributed by atoms with Crippen molar-refractivity contribution in [3.05, 3.63) is 0 Å². The first-order valence-corrected chi connectivity index (χ1v) is 8.06. The average Bonchev–Trinajstić information content (AvgIpc) is 2.08. The summed E-state index contributed by atoms with van der Waals surface area (Å²) in [4.78, 5) is 2.39. The van der Waals surface area contributed by atoms with Gasteiger partial charge in [-0.2, -0.15) is 0 Å². The Morgan fingerprint density at radius 1 is 1.27 bits per heavy atom. The number of hydrogen-bond donors (Lipinski definition) is 0. The van der Waals surface area contributed by atoms with E-state index in [0.717, 1.165) is 6.54 Å². The van der Waals surface area contributed by atoms with Crippen molar-refractivity contribution in [3.63, 3.8) is 0 Å². The van der Waals surface area contributed by atoms with E-state index < -0.39 is 9.05 Å². The Balaban J connectivity index is 2.36. The first-order valence-electron chi connectivity index (χ1n) is 5.58. The summed E-state index contributed by atoms with van der Waals surface area (Å²) in [6, 6.07) is 1.15. The van der Waals surface area contributed by atoms with Gasteiger partial charge in [0, 0.05) is 22.8 Å². The first-order chi connectivity index (χ1) is 6.90. The van der Waals surface area contributed by atoms with Gasteiger partial charge in [-0.25, -0.2) is 8.42 Å². The van der Waals surface area contributed by atoms with Gasteiger partial charge < -0.3 is 0 Å². The van der Waals surface area contributed by atoms with Gasteiger partial charge in [0.2, 0.25) is 9.05 Å². The first kappa shape index (κ1) is 13.3. The van der Waals surface area contributed by atoms with Gasteiger partial charge in [0.05, 0.1) is 5.75 Å². The average molecular weight is 254 g/mol. The monoisotopic (exact) mass is 253 g/mol. The van der Waals surface area contributed by atoms with Crippen LogP contribution >= 0.6 is 10.7 Å². The van der Waals surface area contributed by atoms with Crippen LogP contribution in [-0.2, 0) is 9.05 Å². The van der Waals surface area contributed by atoms with Crippen LogP contribution in [0.3, 0.4) is 0 Å². The number of hydrogen-bond acceptors (Lipinski definition) is 3. The Hall–Kier alpha value is 0.200. The van der Waals surface area contributed by atoms with E-state index in [2.05, 4.69) is 18.7 Å². The quantitative estimate of drug-likeness (QED) is 0.721. The summed E-state index contributed by atoms with van der Waals surface area (Å²) in [5, 5.41) is 0. The van der Waals surface area contributed by atoms with Crippen molar-refractivity contribution in [3.8, 4) is 0 Å². The van der Waals surface area contributed by atoms with Gasteiger partial charge in [-0.15, -0.1) is 0 Å². The number of halogens is 1. The molecule has 0 unspecified atom stereocenters. The predicted molar refractivity (Wildman–Crippen MR) is 63.7 cm³/mol. The third-order valence-corrected chi connectivity index (χ3v) is 4.42. The van der Waals surface area contributed by atoms with Crippen molar-refractivity contribution >= 4 is 19.7 Å². The SMILES string of the molecule is C[C@@H]1CCC[C@H](C)N1CCCS(=O)(=O)Cl. The minimum Gasteiger partial charge on any atom is -0.298 e. The molecule has 0 bridgehead atoms. The molecule has 0 aliphatic carbocycles. The fourth-order valence-electron chi connectivity index (χ4n) is 2.34. The van der Waals surface area contributed by atoms with Gasteiger partial charge in [0.15, 0.2) is 0 Å². The van der Waals surface area contributed by atoms with Gasteiger partial charge in [0.25, 0.3) is 0 Å². The molecular formula is C10H20ClNO2S. The van der Waals surface area contributed by atoms with Crippen molar-refractivity contribution < 1.29 is 8.42 Å².